The van der Waals surface area contributed by atoms with Crippen LogP contribution in [0.4, 0.5) is 0 Å². The van der Waals surface area contributed by atoms with Crippen molar-refractivity contribution < 1.29 is 9.59 Å². The molecular weight excluding hydrogens is 360 g/mol. The minimum Gasteiger partial charge on any atom is -0.352 e. The van der Waals surface area contributed by atoms with Crippen LogP contribution in [0.2, 0.25) is 0 Å². The van der Waals surface area contributed by atoms with Crippen molar-refractivity contribution in [3.63, 3.8) is 0 Å². The SMILES string of the molecule is CC(C)NC(=O)Cn1c(SCC(=O)N2CCC[C@H](C)C2)nc2ccccc21. The second-order valence-corrected chi connectivity index (χ2v) is 8.51. The Morgan fingerprint density at radius 1 is 1.33 bits per heavy atom. The van der Waals surface area contributed by atoms with E-state index in [-0.39, 0.29) is 24.4 Å². The lowest BCUT2D eigenvalue weighted by Gasteiger charge is -2.30. The molecule has 1 atom stereocenters. The first-order valence-corrected chi connectivity index (χ1v) is 10.6. The number of hydrogen-bond donors (Lipinski definition) is 1. The summed E-state index contributed by atoms with van der Waals surface area (Å²) in [7, 11) is 0. The van der Waals surface area contributed by atoms with Gasteiger partial charge in [0.1, 0.15) is 6.54 Å². The number of imidazole rings is 1. The summed E-state index contributed by atoms with van der Waals surface area (Å²) in [6, 6.07) is 7.86. The lowest BCUT2D eigenvalue weighted by molar-refractivity contribution is -0.130. The van der Waals surface area contributed by atoms with E-state index in [1.54, 1.807) is 0 Å². The van der Waals surface area contributed by atoms with Gasteiger partial charge in [-0.2, -0.15) is 0 Å². The highest BCUT2D eigenvalue weighted by molar-refractivity contribution is 7.99. The second kappa shape index (κ2) is 8.78. The van der Waals surface area contributed by atoms with Gasteiger partial charge in [0.25, 0.3) is 0 Å². The van der Waals surface area contributed by atoms with Gasteiger partial charge >= 0.3 is 0 Å². The number of nitrogens with zero attached hydrogens (tertiary/aromatic N) is 3. The van der Waals surface area contributed by atoms with Crippen molar-refractivity contribution in [3.8, 4) is 0 Å². The topological polar surface area (TPSA) is 67.2 Å². The molecule has 0 aliphatic carbocycles. The molecule has 1 aromatic carbocycles. The molecule has 2 amide bonds. The number of carbonyl (C=O) groups excluding carboxylic acids is 2. The predicted molar refractivity (Wildman–Crippen MR) is 109 cm³/mol. The van der Waals surface area contributed by atoms with Crippen LogP contribution in [0.3, 0.4) is 0 Å². The molecule has 0 bridgehead atoms. The molecule has 1 N–H and O–H groups in total. The number of thioether (sulfide) groups is 1. The molecule has 6 nitrogen and oxygen atoms in total. The molecule has 0 unspecified atom stereocenters. The maximum atomic E-state index is 12.6. The number of aromatic nitrogens is 2. The van der Waals surface area contributed by atoms with Gasteiger partial charge in [-0.3, -0.25) is 9.59 Å². The molecule has 2 heterocycles. The van der Waals surface area contributed by atoms with Gasteiger partial charge in [-0.05, 0) is 44.7 Å². The zero-order valence-corrected chi connectivity index (χ0v) is 17.1. The number of para-hydroxylation sites is 2. The Morgan fingerprint density at radius 3 is 2.85 bits per heavy atom. The molecule has 0 spiro atoms. The van der Waals surface area contributed by atoms with Gasteiger partial charge in [0.05, 0.1) is 16.8 Å². The number of hydrogen-bond acceptors (Lipinski definition) is 4. The molecular formula is C20H28N4O2S. The fourth-order valence-corrected chi connectivity index (χ4v) is 4.38. The van der Waals surface area contributed by atoms with Crippen LogP contribution < -0.4 is 5.32 Å². The van der Waals surface area contributed by atoms with Crippen molar-refractivity contribution in [2.45, 2.75) is 51.4 Å². The Bertz CT molecular complexity index is 817. The summed E-state index contributed by atoms with van der Waals surface area (Å²) < 4.78 is 1.91. The maximum absolute atomic E-state index is 12.6. The monoisotopic (exact) mass is 388 g/mol. The quantitative estimate of drug-likeness (QED) is 0.773. The first-order chi connectivity index (χ1) is 12.9. The van der Waals surface area contributed by atoms with Crippen molar-refractivity contribution >= 4 is 34.6 Å². The van der Waals surface area contributed by atoms with Crippen molar-refractivity contribution in [3.05, 3.63) is 24.3 Å². The minimum absolute atomic E-state index is 0.0498. The third-order valence-electron chi connectivity index (χ3n) is 4.71. The molecule has 0 saturated carbocycles. The molecule has 27 heavy (non-hydrogen) atoms. The number of amides is 2. The molecule has 2 aromatic rings. The van der Waals surface area contributed by atoms with Crippen LogP contribution in [0.25, 0.3) is 11.0 Å². The lowest BCUT2D eigenvalue weighted by Crippen LogP contribution is -2.40. The van der Waals surface area contributed by atoms with Crippen molar-refractivity contribution in [2.24, 2.45) is 5.92 Å². The van der Waals surface area contributed by atoms with Gasteiger partial charge in [-0.25, -0.2) is 4.98 Å². The summed E-state index contributed by atoms with van der Waals surface area (Å²) in [6.45, 7) is 7.97. The normalized spacial score (nSPS) is 17.5. The number of nitrogens with one attached hydrogen (secondary N) is 1. The summed E-state index contributed by atoms with van der Waals surface area (Å²) >= 11 is 1.42. The van der Waals surface area contributed by atoms with E-state index in [2.05, 4.69) is 17.2 Å². The van der Waals surface area contributed by atoms with E-state index >= 15 is 0 Å². The summed E-state index contributed by atoms with van der Waals surface area (Å²) in [5.74, 6) is 1.02. The number of rotatable bonds is 6. The fraction of sp³-hybridized carbons (Fsp3) is 0.550. The van der Waals surface area contributed by atoms with Crippen LogP contribution in [-0.2, 0) is 16.1 Å². The highest BCUT2D eigenvalue weighted by Crippen LogP contribution is 2.25. The average Bonchev–Trinajstić information content (AvgIpc) is 2.96. The lowest BCUT2D eigenvalue weighted by atomic mass is 10.0. The summed E-state index contributed by atoms with van der Waals surface area (Å²) in [6.07, 6.45) is 2.27. The Hall–Kier alpha value is -2.02. The van der Waals surface area contributed by atoms with Gasteiger partial charge in [-0.1, -0.05) is 30.8 Å². The Morgan fingerprint density at radius 2 is 2.11 bits per heavy atom. The van der Waals surface area contributed by atoms with Crippen LogP contribution in [0, 0.1) is 5.92 Å². The number of piperidine rings is 1. The Labute approximate surface area is 164 Å². The summed E-state index contributed by atoms with van der Waals surface area (Å²) in [4.78, 5) is 31.5. The summed E-state index contributed by atoms with van der Waals surface area (Å²) in [5.41, 5.74) is 1.76. The number of fused-ring (bicyclic) bond motifs is 1. The van der Waals surface area contributed by atoms with Crippen LogP contribution in [0.5, 0.6) is 0 Å². The van der Waals surface area contributed by atoms with Crippen molar-refractivity contribution in [1.29, 1.82) is 0 Å². The van der Waals surface area contributed by atoms with E-state index < -0.39 is 0 Å². The number of carbonyl (C=O) groups is 2. The molecule has 1 aliphatic heterocycles. The molecule has 1 aliphatic rings. The number of likely N-dealkylation sites (tertiary alicyclic amines) is 1. The van der Waals surface area contributed by atoms with Gasteiger partial charge in [0.15, 0.2) is 5.16 Å². The first-order valence-electron chi connectivity index (χ1n) is 9.59. The van der Waals surface area contributed by atoms with Crippen molar-refractivity contribution in [2.75, 3.05) is 18.8 Å². The van der Waals surface area contributed by atoms with Crippen LogP contribution >= 0.6 is 11.8 Å². The highest BCUT2D eigenvalue weighted by Gasteiger charge is 2.22. The standard InChI is InChI=1S/C20H28N4O2S/c1-14(2)21-18(25)12-24-17-9-5-4-8-16(17)22-20(24)27-13-19(26)23-10-6-7-15(3)11-23/h4-5,8-9,14-15H,6-7,10-13H2,1-3H3,(H,21,25)/t15-/m0/s1. The van der Waals surface area contributed by atoms with Crippen LogP contribution in [0.1, 0.15) is 33.6 Å². The molecule has 7 heteroatoms. The Kier molecular flexibility index (Phi) is 6.42. The van der Waals surface area contributed by atoms with Gasteiger partial charge in [0.2, 0.25) is 11.8 Å². The van der Waals surface area contributed by atoms with E-state index in [1.807, 2.05) is 47.6 Å². The predicted octanol–water partition coefficient (Wildman–Crippen LogP) is 2.91. The van der Waals surface area contributed by atoms with Gasteiger partial charge < -0.3 is 14.8 Å². The molecule has 3 rings (SSSR count). The van der Waals surface area contributed by atoms with E-state index in [0.29, 0.717) is 16.8 Å². The highest BCUT2D eigenvalue weighted by atomic mass is 32.2. The Balaban J connectivity index is 1.74. The largest absolute Gasteiger partial charge is 0.352 e. The van der Waals surface area contributed by atoms with Crippen LogP contribution in [0.15, 0.2) is 29.4 Å². The van der Waals surface area contributed by atoms with Crippen LogP contribution in [-0.4, -0.2) is 51.1 Å². The molecule has 1 fully saturated rings. The number of benzene rings is 1. The minimum atomic E-state index is -0.0498. The molecule has 0 radical (unpaired) electrons. The molecule has 146 valence electrons. The van der Waals surface area contributed by atoms with E-state index in [1.165, 1.54) is 18.2 Å². The van der Waals surface area contributed by atoms with Gasteiger partial charge in [-0.15, -0.1) is 0 Å². The van der Waals surface area contributed by atoms with E-state index in [9.17, 15) is 9.59 Å². The zero-order chi connectivity index (χ0) is 19.4. The van der Waals surface area contributed by atoms with E-state index in [4.69, 9.17) is 0 Å². The second-order valence-electron chi connectivity index (χ2n) is 7.57. The first kappa shape index (κ1) is 19.7. The fourth-order valence-electron chi connectivity index (χ4n) is 3.46. The smallest absolute Gasteiger partial charge is 0.240 e. The maximum Gasteiger partial charge on any atom is 0.240 e. The summed E-state index contributed by atoms with van der Waals surface area (Å²) in [5, 5.41) is 3.64. The van der Waals surface area contributed by atoms with E-state index in [0.717, 1.165) is 30.5 Å². The molecule has 1 saturated heterocycles. The third kappa shape index (κ3) is 5.03. The van der Waals surface area contributed by atoms with Crippen molar-refractivity contribution in [1.82, 2.24) is 19.8 Å². The third-order valence-corrected chi connectivity index (χ3v) is 5.67. The zero-order valence-electron chi connectivity index (χ0n) is 16.3. The average molecular weight is 389 g/mol. The van der Waals surface area contributed by atoms with Gasteiger partial charge in [0, 0.05) is 19.1 Å². The molecule has 1 aromatic heterocycles.